The number of hydrogen-bond donors (Lipinski definition) is 0. The molecule has 152 valence electrons. The zero-order chi connectivity index (χ0) is 20.5. The molecule has 0 aliphatic carbocycles. The molecule has 0 saturated heterocycles. The lowest BCUT2D eigenvalue weighted by Gasteiger charge is -2.43. The van der Waals surface area contributed by atoms with Crippen molar-refractivity contribution in [1.29, 1.82) is 0 Å². The molecule has 0 bridgehead atoms. The summed E-state index contributed by atoms with van der Waals surface area (Å²) in [5.74, 6) is 0.0839. The minimum absolute atomic E-state index is 0.0379. The van der Waals surface area contributed by atoms with Gasteiger partial charge in [-0.25, -0.2) is 0 Å². The van der Waals surface area contributed by atoms with E-state index in [1.807, 2.05) is 17.0 Å². The predicted octanol–water partition coefficient (Wildman–Crippen LogP) is 4.65. The largest absolute Gasteiger partial charge is 0.375 e. The average molecular weight is 399 g/mol. The van der Waals surface area contributed by atoms with Crippen LogP contribution in [0.1, 0.15) is 29.3 Å². The Kier molecular flexibility index (Phi) is 5.01. The number of nitrogens with zero attached hydrogens (tertiary/aromatic N) is 2. The van der Waals surface area contributed by atoms with Crippen LogP contribution in [-0.2, 0) is 22.5 Å². The SMILES string of the molecule is C=CCOC[C@H]1Cc2c(n(Cc3ccccc3)c3ccccc23)[C@@H]2CC=CC(=O)N12. The lowest BCUT2D eigenvalue weighted by Crippen LogP contribution is -2.50. The van der Waals surface area contributed by atoms with Crippen LogP contribution in [0.5, 0.6) is 0 Å². The first-order valence-corrected chi connectivity index (χ1v) is 10.6. The molecule has 0 spiro atoms. The van der Waals surface area contributed by atoms with Crippen molar-refractivity contribution >= 4 is 16.8 Å². The first-order chi connectivity index (χ1) is 14.8. The molecule has 30 heavy (non-hydrogen) atoms. The third kappa shape index (κ3) is 3.17. The lowest BCUT2D eigenvalue weighted by molar-refractivity contribution is -0.134. The number of benzene rings is 2. The van der Waals surface area contributed by atoms with E-state index < -0.39 is 0 Å². The van der Waals surface area contributed by atoms with Crippen LogP contribution < -0.4 is 0 Å². The summed E-state index contributed by atoms with van der Waals surface area (Å²) >= 11 is 0. The Morgan fingerprint density at radius 3 is 2.73 bits per heavy atom. The highest BCUT2D eigenvalue weighted by atomic mass is 16.5. The van der Waals surface area contributed by atoms with E-state index in [0.29, 0.717) is 13.2 Å². The van der Waals surface area contributed by atoms with Gasteiger partial charge in [-0.3, -0.25) is 4.79 Å². The smallest absolute Gasteiger partial charge is 0.247 e. The van der Waals surface area contributed by atoms with Crippen LogP contribution in [0.15, 0.2) is 79.4 Å². The van der Waals surface area contributed by atoms with Gasteiger partial charge in [0.2, 0.25) is 5.91 Å². The highest BCUT2D eigenvalue weighted by molar-refractivity contribution is 5.91. The second-order valence-corrected chi connectivity index (χ2v) is 8.04. The molecular formula is C26H26N2O2. The summed E-state index contributed by atoms with van der Waals surface area (Å²) in [6, 6.07) is 19.3. The number of para-hydroxylation sites is 1. The fourth-order valence-corrected chi connectivity index (χ4v) is 5.02. The van der Waals surface area contributed by atoms with Crippen molar-refractivity contribution in [1.82, 2.24) is 9.47 Å². The van der Waals surface area contributed by atoms with E-state index in [-0.39, 0.29) is 18.0 Å². The fraction of sp³-hybridized carbons (Fsp3) is 0.269. The standard InChI is InChI=1S/C26H26N2O2/c1-2-15-30-18-20-16-22-21-11-6-7-12-23(21)27(17-19-9-4-3-5-10-19)26(22)24-13-8-14-25(29)28(20)24/h2-12,14,20,24H,1,13,15-18H2/t20-,24+/m1/s1. The molecule has 2 aliphatic rings. The average Bonchev–Trinajstić information content (AvgIpc) is 3.08. The molecule has 2 aromatic carbocycles. The Morgan fingerprint density at radius 1 is 1.10 bits per heavy atom. The van der Waals surface area contributed by atoms with Gasteiger partial charge in [0.15, 0.2) is 0 Å². The van der Waals surface area contributed by atoms with Crippen molar-refractivity contribution in [3.05, 3.63) is 96.2 Å². The van der Waals surface area contributed by atoms with Gasteiger partial charge in [0.1, 0.15) is 0 Å². The maximum absolute atomic E-state index is 12.9. The molecule has 0 fully saturated rings. The minimum Gasteiger partial charge on any atom is -0.375 e. The van der Waals surface area contributed by atoms with Gasteiger partial charge in [-0.2, -0.15) is 0 Å². The van der Waals surface area contributed by atoms with Gasteiger partial charge < -0.3 is 14.2 Å². The fourth-order valence-electron chi connectivity index (χ4n) is 5.02. The van der Waals surface area contributed by atoms with E-state index in [0.717, 1.165) is 19.4 Å². The van der Waals surface area contributed by atoms with E-state index >= 15 is 0 Å². The molecular weight excluding hydrogens is 372 g/mol. The van der Waals surface area contributed by atoms with Crippen LogP contribution >= 0.6 is 0 Å². The highest BCUT2D eigenvalue weighted by Crippen LogP contribution is 2.43. The maximum atomic E-state index is 12.9. The van der Waals surface area contributed by atoms with Crippen molar-refractivity contribution < 1.29 is 9.53 Å². The second kappa shape index (κ2) is 7.96. The number of ether oxygens (including phenoxy) is 1. The van der Waals surface area contributed by atoms with Gasteiger partial charge in [-0.1, -0.05) is 60.7 Å². The van der Waals surface area contributed by atoms with Crippen LogP contribution in [-0.4, -0.2) is 34.6 Å². The molecule has 2 aliphatic heterocycles. The third-order valence-corrected chi connectivity index (χ3v) is 6.21. The van der Waals surface area contributed by atoms with Gasteiger partial charge in [0.05, 0.1) is 25.3 Å². The minimum atomic E-state index is 0.0379. The quantitative estimate of drug-likeness (QED) is 0.448. The monoisotopic (exact) mass is 398 g/mol. The first-order valence-electron chi connectivity index (χ1n) is 10.6. The highest BCUT2D eigenvalue weighted by Gasteiger charge is 2.41. The van der Waals surface area contributed by atoms with E-state index in [4.69, 9.17) is 4.74 Å². The Balaban J connectivity index is 1.65. The number of amides is 1. The number of carbonyl (C=O) groups excluding carboxylic acids is 1. The van der Waals surface area contributed by atoms with Gasteiger partial charge in [-0.05, 0) is 36.1 Å². The van der Waals surface area contributed by atoms with E-state index in [2.05, 4.69) is 59.7 Å². The summed E-state index contributed by atoms with van der Waals surface area (Å²) in [4.78, 5) is 15.0. The second-order valence-electron chi connectivity index (χ2n) is 8.04. The molecule has 0 radical (unpaired) electrons. The number of carbonyl (C=O) groups is 1. The maximum Gasteiger partial charge on any atom is 0.247 e. The Bertz CT molecular complexity index is 1110. The van der Waals surface area contributed by atoms with Gasteiger partial charge in [0, 0.05) is 23.1 Å². The predicted molar refractivity (Wildman–Crippen MR) is 119 cm³/mol. The zero-order valence-electron chi connectivity index (χ0n) is 17.0. The van der Waals surface area contributed by atoms with Crippen molar-refractivity contribution in [2.24, 2.45) is 0 Å². The van der Waals surface area contributed by atoms with Gasteiger partial charge in [0.25, 0.3) is 0 Å². The molecule has 5 rings (SSSR count). The number of hydrogen-bond acceptors (Lipinski definition) is 2. The molecule has 0 unspecified atom stereocenters. The van der Waals surface area contributed by atoms with Crippen LogP contribution in [0.3, 0.4) is 0 Å². The van der Waals surface area contributed by atoms with Crippen molar-refractivity contribution in [3.63, 3.8) is 0 Å². The Labute approximate surface area is 177 Å². The molecule has 2 atom stereocenters. The first kappa shape index (κ1) is 18.9. The normalized spacial score (nSPS) is 20.3. The van der Waals surface area contributed by atoms with E-state index in [1.165, 1.54) is 27.7 Å². The molecule has 4 nitrogen and oxygen atoms in total. The summed E-state index contributed by atoms with van der Waals surface area (Å²) in [5, 5.41) is 1.29. The van der Waals surface area contributed by atoms with Crippen molar-refractivity contribution in [3.8, 4) is 0 Å². The summed E-state index contributed by atoms with van der Waals surface area (Å²) < 4.78 is 8.23. The zero-order valence-corrected chi connectivity index (χ0v) is 17.0. The number of aromatic nitrogens is 1. The van der Waals surface area contributed by atoms with Crippen molar-refractivity contribution in [2.45, 2.75) is 31.5 Å². The summed E-state index contributed by atoms with van der Waals surface area (Å²) in [5.41, 5.74) is 5.14. The molecule has 1 amide bonds. The van der Waals surface area contributed by atoms with E-state index in [1.54, 1.807) is 12.2 Å². The van der Waals surface area contributed by atoms with Crippen molar-refractivity contribution in [2.75, 3.05) is 13.2 Å². The number of fused-ring (bicyclic) bond motifs is 5. The molecule has 1 aromatic heterocycles. The molecule has 3 heterocycles. The van der Waals surface area contributed by atoms with Gasteiger partial charge >= 0.3 is 0 Å². The topological polar surface area (TPSA) is 34.5 Å². The molecule has 0 N–H and O–H groups in total. The Morgan fingerprint density at radius 2 is 1.90 bits per heavy atom. The van der Waals surface area contributed by atoms with E-state index in [9.17, 15) is 4.79 Å². The summed E-state index contributed by atoms with van der Waals surface area (Å²) in [6.07, 6.45) is 7.14. The van der Waals surface area contributed by atoms with Crippen LogP contribution in [0.25, 0.3) is 10.9 Å². The van der Waals surface area contributed by atoms with Crippen LogP contribution in [0.4, 0.5) is 0 Å². The summed E-state index contributed by atoms with van der Waals surface area (Å²) in [6.45, 7) is 5.57. The van der Waals surface area contributed by atoms with Crippen LogP contribution in [0.2, 0.25) is 0 Å². The summed E-state index contributed by atoms with van der Waals surface area (Å²) in [7, 11) is 0. The van der Waals surface area contributed by atoms with Gasteiger partial charge in [-0.15, -0.1) is 6.58 Å². The van der Waals surface area contributed by atoms with Crippen LogP contribution in [0, 0.1) is 0 Å². The molecule has 4 heteroatoms. The molecule has 0 saturated carbocycles. The number of rotatable bonds is 6. The molecule has 3 aromatic rings. The lowest BCUT2D eigenvalue weighted by atomic mass is 9.88. The third-order valence-electron chi connectivity index (χ3n) is 6.21. The Hall–Kier alpha value is -3.11.